The minimum absolute atomic E-state index is 0.0335. The zero-order chi connectivity index (χ0) is 21.9. The van der Waals surface area contributed by atoms with Crippen molar-refractivity contribution in [2.75, 3.05) is 39.0 Å². The Morgan fingerprint density at radius 1 is 1.10 bits per heavy atom. The molecule has 1 aliphatic heterocycles. The molecule has 1 aromatic carbocycles. The number of hydrogen-bond acceptors (Lipinski definition) is 5. The van der Waals surface area contributed by atoms with Gasteiger partial charge >= 0.3 is 0 Å². The third-order valence-electron chi connectivity index (χ3n) is 5.39. The Morgan fingerprint density at radius 2 is 1.87 bits per heavy atom. The van der Waals surface area contributed by atoms with Gasteiger partial charge in [-0.25, -0.2) is 13.1 Å². The highest BCUT2D eigenvalue weighted by Gasteiger charge is 2.24. The van der Waals surface area contributed by atoms with Gasteiger partial charge in [-0.15, -0.1) is 0 Å². The van der Waals surface area contributed by atoms with Crippen molar-refractivity contribution < 1.29 is 12.8 Å². The summed E-state index contributed by atoms with van der Waals surface area (Å²) < 4.78 is 32.8. The van der Waals surface area contributed by atoms with Crippen LogP contribution in [0.1, 0.15) is 36.6 Å². The molecule has 31 heavy (non-hydrogen) atoms. The largest absolute Gasteiger partial charge is 0.468 e. The zero-order valence-corrected chi connectivity index (χ0v) is 18.9. The maximum absolute atomic E-state index is 12.3. The summed E-state index contributed by atoms with van der Waals surface area (Å²) in [4.78, 5) is 6.66. The van der Waals surface area contributed by atoms with Crippen molar-refractivity contribution in [1.29, 1.82) is 0 Å². The summed E-state index contributed by atoms with van der Waals surface area (Å²) in [5.74, 6) is 1.47. The minimum atomic E-state index is -3.39. The number of nitrogens with one attached hydrogen (secondary N) is 3. The maximum Gasteiger partial charge on any atom is 0.213 e. The molecule has 0 saturated carbocycles. The fourth-order valence-electron chi connectivity index (χ4n) is 3.70. The molecule has 1 aromatic heterocycles. The smallest absolute Gasteiger partial charge is 0.213 e. The molecule has 0 radical (unpaired) electrons. The molecule has 0 amide bonds. The van der Waals surface area contributed by atoms with Gasteiger partial charge in [-0.1, -0.05) is 36.8 Å². The van der Waals surface area contributed by atoms with Crippen LogP contribution in [-0.2, 0) is 16.6 Å². The number of piperidine rings is 1. The third kappa shape index (κ3) is 7.68. The molecule has 0 spiro atoms. The van der Waals surface area contributed by atoms with E-state index in [-0.39, 0.29) is 24.9 Å². The molecule has 9 heteroatoms. The monoisotopic (exact) mass is 447 g/mol. The number of sulfonamides is 1. The van der Waals surface area contributed by atoms with Crippen molar-refractivity contribution in [3.05, 3.63) is 60.1 Å². The van der Waals surface area contributed by atoms with E-state index < -0.39 is 10.0 Å². The van der Waals surface area contributed by atoms with Crippen LogP contribution in [0.25, 0.3) is 0 Å². The lowest BCUT2D eigenvalue weighted by atomic mass is 10.1. The molecule has 3 rings (SSSR count). The van der Waals surface area contributed by atoms with Crippen LogP contribution in [-0.4, -0.2) is 58.3 Å². The van der Waals surface area contributed by atoms with E-state index in [1.165, 1.54) is 19.3 Å². The second-order valence-corrected chi connectivity index (χ2v) is 9.56. The molecular weight excluding hydrogens is 414 g/mol. The van der Waals surface area contributed by atoms with Crippen molar-refractivity contribution >= 4 is 16.0 Å². The van der Waals surface area contributed by atoms with Crippen LogP contribution in [0.2, 0.25) is 0 Å². The van der Waals surface area contributed by atoms with Crippen LogP contribution in [0.5, 0.6) is 0 Å². The Hall–Kier alpha value is -2.36. The van der Waals surface area contributed by atoms with Gasteiger partial charge in [-0.2, -0.15) is 0 Å². The van der Waals surface area contributed by atoms with Gasteiger partial charge in [0.2, 0.25) is 10.0 Å². The van der Waals surface area contributed by atoms with Crippen LogP contribution in [0.15, 0.2) is 58.1 Å². The number of aliphatic imine (C=N–C) groups is 1. The first-order valence-electron chi connectivity index (χ1n) is 10.8. The highest BCUT2D eigenvalue weighted by molar-refractivity contribution is 7.89. The van der Waals surface area contributed by atoms with Gasteiger partial charge < -0.3 is 15.1 Å². The van der Waals surface area contributed by atoms with Crippen molar-refractivity contribution in [1.82, 2.24) is 20.3 Å². The molecule has 1 fully saturated rings. The van der Waals surface area contributed by atoms with Crippen LogP contribution < -0.4 is 15.4 Å². The normalized spacial score (nSPS) is 16.7. The van der Waals surface area contributed by atoms with Crippen molar-refractivity contribution in [2.24, 2.45) is 4.99 Å². The number of guanidine groups is 1. The molecule has 1 saturated heterocycles. The lowest BCUT2D eigenvalue weighted by molar-refractivity contribution is 0.146. The number of furan rings is 1. The molecule has 1 atom stereocenters. The molecule has 3 N–H and O–H groups in total. The summed E-state index contributed by atoms with van der Waals surface area (Å²) in [7, 11) is -1.71. The lowest BCUT2D eigenvalue weighted by Gasteiger charge is -2.33. The first-order valence-corrected chi connectivity index (χ1v) is 12.5. The van der Waals surface area contributed by atoms with Crippen molar-refractivity contribution in [3.63, 3.8) is 0 Å². The van der Waals surface area contributed by atoms with Gasteiger partial charge in [-0.05, 0) is 43.6 Å². The Morgan fingerprint density at radius 3 is 2.55 bits per heavy atom. The van der Waals surface area contributed by atoms with Crippen molar-refractivity contribution in [3.8, 4) is 0 Å². The molecule has 2 aromatic rings. The standard InChI is InChI=1S/C22H33N5O3S/c1-23-22(24-12-16-31(28,29)26-17-19-9-4-2-5-10-19)25-18-20(21-11-8-15-30-21)27-13-6-3-7-14-27/h2,4-5,8-11,15,20,26H,3,6-7,12-14,16-18H2,1H3,(H2,23,24,25). The SMILES string of the molecule is CN=C(NCCS(=O)(=O)NCc1ccccc1)NCC(c1ccco1)N1CCCCC1. The van der Waals surface area contributed by atoms with E-state index in [1.54, 1.807) is 13.3 Å². The molecular formula is C22H33N5O3S. The van der Waals surface area contributed by atoms with Crippen LogP contribution in [0.4, 0.5) is 0 Å². The predicted molar refractivity (Wildman–Crippen MR) is 123 cm³/mol. The minimum Gasteiger partial charge on any atom is -0.468 e. The molecule has 0 bridgehead atoms. The quantitative estimate of drug-likeness (QED) is 0.381. The number of benzene rings is 1. The Balaban J connectivity index is 1.45. The molecule has 2 heterocycles. The first-order chi connectivity index (χ1) is 15.1. The Bertz CT molecular complexity index is 894. The Kier molecular flexibility index (Phi) is 8.93. The first kappa shape index (κ1) is 23.3. The van der Waals surface area contributed by atoms with E-state index >= 15 is 0 Å². The van der Waals surface area contributed by atoms with Gasteiger partial charge in [0.1, 0.15) is 5.76 Å². The van der Waals surface area contributed by atoms with E-state index in [1.807, 2.05) is 42.5 Å². The second-order valence-electron chi connectivity index (χ2n) is 7.63. The number of hydrogen-bond donors (Lipinski definition) is 3. The number of rotatable bonds is 10. The Labute approximate surface area is 185 Å². The highest BCUT2D eigenvalue weighted by Crippen LogP contribution is 2.24. The topological polar surface area (TPSA) is 99.0 Å². The van der Waals surface area contributed by atoms with E-state index in [2.05, 4.69) is 25.2 Å². The van der Waals surface area contributed by atoms with Gasteiger partial charge in [0, 0.05) is 26.7 Å². The van der Waals surface area contributed by atoms with Gasteiger partial charge in [0.15, 0.2) is 5.96 Å². The predicted octanol–water partition coefficient (Wildman–Crippen LogP) is 2.09. The number of likely N-dealkylation sites (tertiary alicyclic amines) is 1. The van der Waals surface area contributed by atoms with Crippen LogP contribution in [0.3, 0.4) is 0 Å². The molecule has 1 unspecified atom stereocenters. The summed E-state index contributed by atoms with van der Waals surface area (Å²) in [6, 6.07) is 13.5. The molecule has 8 nitrogen and oxygen atoms in total. The average molecular weight is 448 g/mol. The number of nitrogens with zero attached hydrogens (tertiary/aromatic N) is 2. The lowest BCUT2D eigenvalue weighted by Crippen LogP contribution is -2.45. The molecule has 170 valence electrons. The fraction of sp³-hybridized carbons (Fsp3) is 0.500. The van der Waals surface area contributed by atoms with Crippen molar-refractivity contribution in [2.45, 2.75) is 31.8 Å². The third-order valence-corrected chi connectivity index (χ3v) is 6.72. The molecule has 0 aliphatic carbocycles. The molecule has 1 aliphatic rings. The fourth-order valence-corrected chi connectivity index (χ4v) is 4.60. The zero-order valence-electron chi connectivity index (χ0n) is 18.1. The highest BCUT2D eigenvalue weighted by atomic mass is 32.2. The average Bonchev–Trinajstić information content (AvgIpc) is 3.33. The summed E-state index contributed by atoms with van der Waals surface area (Å²) >= 11 is 0. The van der Waals surface area contributed by atoms with E-state index in [0.29, 0.717) is 12.5 Å². The van der Waals surface area contributed by atoms with E-state index in [4.69, 9.17) is 4.42 Å². The van der Waals surface area contributed by atoms with Gasteiger partial charge in [-0.3, -0.25) is 9.89 Å². The summed E-state index contributed by atoms with van der Waals surface area (Å²) in [5, 5.41) is 6.42. The van der Waals surface area contributed by atoms with Crippen LogP contribution in [0, 0.1) is 0 Å². The second kappa shape index (κ2) is 11.9. The van der Waals surface area contributed by atoms with E-state index in [0.717, 1.165) is 24.4 Å². The van der Waals surface area contributed by atoms with Gasteiger partial charge in [0.05, 0.1) is 18.1 Å². The van der Waals surface area contributed by atoms with Crippen LogP contribution >= 0.6 is 0 Å². The maximum atomic E-state index is 12.3. The summed E-state index contributed by atoms with van der Waals surface area (Å²) in [6.45, 7) is 3.27. The summed E-state index contributed by atoms with van der Waals surface area (Å²) in [5.41, 5.74) is 0.929. The van der Waals surface area contributed by atoms with Gasteiger partial charge in [0.25, 0.3) is 0 Å². The summed E-state index contributed by atoms with van der Waals surface area (Å²) in [6.07, 6.45) is 5.35. The van der Waals surface area contributed by atoms with E-state index in [9.17, 15) is 8.42 Å².